The van der Waals surface area contributed by atoms with E-state index in [-0.39, 0.29) is 0 Å². The SMILES string of the molecule is CN(C)C(=O)c1c(F)c(F)c(S(=O)(=O)Cl)c(F)c1F. The summed E-state index contributed by atoms with van der Waals surface area (Å²) >= 11 is 0. The molecule has 106 valence electrons. The van der Waals surface area contributed by atoms with Crippen LogP contribution < -0.4 is 0 Å². The standard InChI is InChI=1S/C9H6ClF4NO3S/c1-15(2)9(16)3-4(11)6(13)8(19(10,17)18)7(14)5(3)12/h1-2H3. The van der Waals surface area contributed by atoms with E-state index in [0.717, 1.165) is 14.1 Å². The second kappa shape index (κ2) is 4.97. The van der Waals surface area contributed by atoms with Gasteiger partial charge in [-0.25, -0.2) is 26.0 Å². The van der Waals surface area contributed by atoms with Crippen molar-refractivity contribution in [2.24, 2.45) is 0 Å². The van der Waals surface area contributed by atoms with E-state index in [4.69, 9.17) is 0 Å². The minimum absolute atomic E-state index is 0.662. The maximum atomic E-state index is 13.5. The molecule has 4 nitrogen and oxygen atoms in total. The summed E-state index contributed by atoms with van der Waals surface area (Å²) in [7, 11) is 1.79. The van der Waals surface area contributed by atoms with Crippen molar-refractivity contribution in [3.8, 4) is 0 Å². The molecule has 0 heterocycles. The number of benzene rings is 1. The molecule has 1 rings (SSSR count). The van der Waals surface area contributed by atoms with Gasteiger partial charge < -0.3 is 4.90 Å². The molecule has 0 saturated carbocycles. The van der Waals surface area contributed by atoms with Crippen LogP contribution in [0.2, 0.25) is 0 Å². The van der Waals surface area contributed by atoms with Crippen LogP contribution in [0.4, 0.5) is 17.6 Å². The number of halogens is 5. The van der Waals surface area contributed by atoms with Crippen molar-refractivity contribution in [1.82, 2.24) is 4.90 Å². The third kappa shape index (κ3) is 2.66. The minimum atomic E-state index is -5.05. The fourth-order valence-electron chi connectivity index (χ4n) is 1.24. The Morgan fingerprint density at radius 2 is 1.37 bits per heavy atom. The highest BCUT2D eigenvalue weighted by molar-refractivity contribution is 8.13. The summed E-state index contributed by atoms with van der Waals surface area (Å²) < 4.78 is 75.5. The van der Waals surface area contributed by atoms with Crippen molar-refractivity contribution in [3.63, 3.8) is 0 Å². The number of nitrogens with zero attached hydrogens (tertiary/aromatic N) is 1. The van der Waals surface area contributed by atoms with E-state index in [9.17, 15) is 30.8 Å². The number of rotatable bonds is 2. The van der Waals surface area contributed by atoms with E-state index in [0.29, 0.717) is 4.90 Å². The lowest BCUT2D eigenvalue weighted by Crippen LogP contribution is -2.26. The average Bonchev–Trinajstić information content (AvgIpc) is 2.24. The zero-order valence-corrected chi connectivity index (χ0v) is 11.0. The molecule has 0 aliphatic heterocycles. The van der Waals surface area contributed by atoms with Crippen LogP contribution in [0.3, 0.4) is 0 Å². The number of amides is 1. The molecule has 0 spiro atoms. The second-order valence-corrected chi connectivity index (χ2v) is 6.10. The van der Waals surface area contributed by atoms with Gasteiger partial charge in [0.2, 0.25) is 0 Å². The molecule has 0 fully saturated rings. The fourth-order valence-corrected chi connectivity index (χ4v) is 2.25. The molecule has 0 aliphatic rings. The molecule has 1 amide bonds. The number of carbonyl (C=O) groups is 1. The van der Waals surface area contributed by atoms with Crippen LogP contribution in [-0.2, 0) is 9.05 Å². The van der Waals surface area contributed by atoms with Gasteiger partial charge in [-0.15, -0.1) is 0 Å². The summed E-state index contributed by atoms with van der Waals surface area (Å²) in [5.41, 5.74) is -1.54. The van der Waals surface area contributed by atoms with Gasteiger partial charge in [-0.1, -0.05) is 0 Å². The molecule has 0 radical (unpaired) electrons. The lowest BCUT2D eigenvalue weighted by atomic mass is 10.1. The van der Waals surface area contributed by atoms with E-state index >= 15 is 0 Å². The van der Waals surface area contributed by atoms with Gasteiger partial charge in [-0.05, 0) is 0 Å². The third-order valence-electron chi connectivity index (χ3n) is 2.09. The second-order valence-electron chi connectivity index (χ2n) is 3.60. The van der Waals surface area contributed by atoms with Gasteiger partial charge in [-0.2, -0.15) is 0 Å². The third-order valence-corrected chi connectivity index (χ3v) is 3.40. The first-order chi connectivity index (χ1) is 8.50. The smallest absolute Gasteiger partial charge is 0.267 e. The first kappa shape index (κ1) is 15.7. The van der Waals surface area contributed by atoms with E-state index < -0.39 is 48.7 Å². The van der Waals surface area contributed by atoms with Gasteiger partial charge in [0, 0.05) is 24.8 Å². The molecular weight excluding hydrogens is 314 g/mol. The van der Waals surface area contributed by atoms with Gasteiger partial charge in [0.05, 0.1) is 0 Å². The van der Waals surface area contributed by atoms with Crippen molar-refractivity contribution in [2.75, 3.05) is 14.1 Å². The molecule has 0 bridgehead atoms. The lowest BCUT2D eigenvalue weighted by Gasteiger charge is -2.13. The van der Waals surface area contributed by atoms with Crippen molar-refractivity contribution in [2.45, 2.75) is 4.90 Å². The van der Waals surface area contributed by atoms with Crippen LogP contribution in [-0.4, -0.2) is 33.3 Å². The van der Waals surface area contributed by atoms with Gasteiger partial charge in [0.25, 0.3) is 15.0 Å². The van der Waals surface area contributed by atoms with Crippen LogP contribution in [0.1, 0.15) is 10.4 Å². The largest absolute Gasteiger partial charge is 0.345 e. The number of hydrogen-bond donors (Lipinski definition) is 0. The molecule has 1 aromatic carbocycles. The van der Waals surface area contributed by atoms with Crippen molar-refractivity contribution in [1.29, 1.82) is 0 Å². The van der Waals surface area contributed by atoms with Gasteiger partial charge in [0.1, 0.15) is 5.56 Å². The minimum Gasteiger partial charge on any atom is -0.345 e. The highest BCUT2D eigenvalue weighted by atomic mass is 35.7. The Morgan fingerprint density at radius 3 is 1.63 bits per heavy atom. The Balaban J connectivity index is 3.82. The Kier molecular flexibility index (Phi) is 4.11. The summed E-state index contributed by atoms with van der Waals surface area (Å²) in [4.78, 5) is 10.1. The van der Waals surface area contributed by atoms with Crippen LogP contribution >= 0.6 is 10.7 Å². The molecule has 0 unspecified atom stereocenters. The van der Waals surface area contributed by atoms with Crippen LogP contribution in [0.25, 0.3) is 0 Å². The maximum Gasteiger partial charge on any atom is 0.267 e. The molecule has 1 aromatic rings. The van der Waals surface area contributed by atoms with E-state index in [2.05, 4.69) is 10.7 Å². The normalized spacial score (nSPS) is 11.5. The van der Waals surface area contributed by atoms with Crippen molar-refractivity contribution < 1.29 is 30.8 Å². The summed E-state index contributed by atoms with van der Waals surface area (Å²) in [5, 5.41) is 0. The first-order valence-electron chi connectivity index (χ1n) is 4.52. The monoisotopic (exact) mass is 319 g/mol. The van der Waals surface area contributed by atoms with Gasteiger partial charge in [-0.3, -0.25) is 4.79 Å². The molecule has 0 N–H and O–H groups in total. The van der Waals surface area contributed by atoms with E-state index in [1.165, 1.54) is 0 Å². The average molecular weight is 320 g/mol. The Morgan fingerprint density at radius 1 is 1.00 bits per heavy atom. The van der Waals surface area contributed by atoms with E-state index in [1.807, 2.05) is 0 Å². The van der Waals surface area contributed by atoms with Crippen LogP contribution in [0.15, 0.2) is 4.90 Å². The van der Waals surface area contributed by atoms with E-state index in [1.54, 1.807) is 0 Å². The molecule has 0 aliphatic carbocycles. The molecule has 10 heteroatoms. The molecule has 0 saturated heterocycles. The zero-order valence-electron chi connectivity index (χ0n) is 9.47. The molecular formula is C9H6ClF4NO3S. The Hall–Kier alpha value is -1.35. The first-order valence-corrected chi connectivity index (χ1v) is 6.83. The summed E-state index contributed by atoms with van der Waals surface area (Å²) in [6, 6.07) is 0. The highest BCUT2D eigenvalue weighted by Crippen LogP contribution is 2.30. The van der Waals surface area contributed by atoms with Gasteiger partial charge in [0.15, 0.2) is 28.2 Å². The fraction of sp³-hybridized carbons (Fsp3) is 0.222. The molecule has 0 atom stereocenters. The molecule has 19 heavy (non-hydrogen) atoms. The topological polar surface area (TPSA) is 54.5 Å². The van der Waals surface area contributed by atoms with Crippen LogP contribution in [0, 0.1) is 23.3 Å². The van der Waals surface area contributed by atoms with Crippen molar-refractivity contribution in [3.05, 3.63) is 28.8 Å². The predicted octanol–water partition coefficient (Wildman–Crippen LogP) is 1.87. The van der Waals surface area contributed by atoms with Crippen LogP contribution in [0.5, 0.6) is 0 Å². The van der Waals surface area contributed by atoms with Gasteiger partial charge >= 0.3 is 0 Å². The Bertz CT molecular complexity index is 631. The summed E-state index contributed by atoms with van der Waals surface area (Å²) in [6.07, 6.45) is 0. The summed E-state index contributed by atoms with van der Waals surface area (Å²) in [5.74, 6) is -10.1. The van der Waals surface area contributed by atoms with Crippen molar-refractivity contribution >= 4 is 25.6 Å². The number of hydrogen-bond acceptors (Lipinski definition) is 3. The zero-order chi connectivity index (χ0) is 15.1. The Labute approximate surface area is 110 Å². The maximum absolute atomic E-state index is 13.5. The summed E-state index contributed by atoms with van der Waals surface area (Å²) in [6.45, 7) is 0. The highest BCUT2D eigenvalue weighted by Gasteiger charge is 2.34. The quantitative estimate of drug-likeness (QED) is 0.475. The molecule has 0 aromatic heterocycles. The lowest BCUT2D eigenvalue weighted by molar-refractivity contribution is 0.0814. The predicted molar refractivity (Wildman–Crippen MR) is 57.3 cm³/mol. The number of carbonyl (C=O) groups excluding carboxylic acids is 1.